The second kappa shape index (κ2) is 8.62. The molecule has 0 aliphatic carbocycles. The summed E-state index contributed by atoms with van der Waals surface area (Å²) in [4.78, 5) is 16.7. The van der Waals surface area contributed by atoms with Crippen LogP contribution in [0.2, 0.25) is 0 Å². The van der Waals surface area contributed by atoms with Crippen LogP contribution in [0.4, 0.5) is 11.4 Å². The second-order valence-corrected chi connectivity index (χ2v) is 10.1. The Morgan fingerprint density at radius 1 is 0.774 bits per heavy atom. The summed E-state index contributed by atoms with van der Waals surface area (Å²) in [6.07, 6.45) is 2.02. The molecule has 0 bridgehead atoms. The van der Waals surface area contributed by atoms with E-state index < -0.39 is 0 Å². The average Bonchev–Trinajstić information content (AvgIpc) is 2.72. The quantitative estimate of drug-likeness (QED) is 0.419. The Morgan fingerprint density at radius 2 is 1.32 bits per heavy atom. The summed E-state index contributed by atoms with van der Waals surface area (Å²) >= 11 is 1.56. The van der Waals surface area contributed by atoms with Crippen LogP contribution in [0.1, 0.15) is 54.4 Å². The van der Waals surface area contributed by atoms with Crippen LogP contribution < -0.4 is 4.90 Å². The normalized spacial score (nSPS) is 11.7. The van der Waals surface area contributed by atoms with Gasteiger partial charge in [0.2, 0.25) is 0 Å². The van der Waals surface area contributed by atoms with Crippen LogP contribution in [0, 0.1) is 34.6 Å². The smallest absolute Gasteiger partial charge is 0.191 e. The third-order valence-electron chi connectivity index (χ3n) is 6.03. The van der Waals surface area contributed by atoms with Gasteiger partial charge in [0, 0.05) is 29.4 Å². The minimum absolute atomic E-state index is 0.139. The number of rotatable bonds is 4. The molecule has 0 saturated heterocycles. The molecule has 4 nitrogen and oxygen atoms in total. The van der Waals surface area contributed by atoms with E-state index in [0.29, 0.717) is 0 Å². The Kier molecular flexibility index (Phi) is 6.47. The third kappa shape index (κ3) is 4.47. The number of aryl methyl sites for hydroxylation is 1. The Hall–Kier alpha value is -2.40. The Bertz CT molecular complexity index is 1080. The van der Waals surface area contributed by atoms with E-state index >= 15 is 0 Å². The molecule has 1 heterocycles. The van der Waals surface area contributed by atoms with Crippen LogP contribution in [0.5, 0.6) is 0 Å². The highest BCUT2D eigenvalue weighted by Gasteiger charge is 2.24. The van der Waals surface area contributed by atoms with Crippen LogP contribution in [0.15, 0.2) is 29.4 Å². The van der Waals surface area contributed by atoms with Crippen molar-refractivity contribution in [1.82, 2.24) is 15.0 Å². The van der Waals surface area contributed by atoms with Crippen molar-refractivity contribution in [3.8, 4) is 11.4 Å². The van der Waals surface area contributed by atoms with Gasteiger partial charge in [0.25, 0.3) is 0 Å². The predicted molar refractivity (Wildman–Crippen MR) is 134 cm³/mol. The predicted octanol–water partition coefficient (Wildman–Crippen LogP) is 6.87. The molecule has 164 valence electrons. The maximum absolute atomic E-state index is 4.92. The summed E-state index contributed by atoms with van der Waals surface area (Å²) < 4.78 is 0. The lowest BCUT2D eigenvalue weighted by Gasteiger charge is -2.28. The van der Waals surface area contributed by atoms with Gasteiger partial charge in [-0.2, -0.15) is 0 Å². The number of thioether (sulfide) groups is 1. The number of benzene rings is 2. The highest BCUT2D eigenvalue weighted by atomic mass is 32.2. The van der Waals surface area contributed by atoms with Crippen LogP contribution >= 0.6 is 11.8 Å². The topological polar surface area (TPSA) is 41.9 Å². The molecule has 0 unspecified atom stereocenters. The number of nitrogens with zero attached hydrogens (tertiary/aromatic N) is 4. The van der Waals surface area contributed by atoms with E-state index in [1.165, 1.54) is 39.2 Å². The highest BCUT2D eigenvalue weighted by Crippen LogP contribution is 2.40. The molecule has 5 heteroatoms. The van der Waals surface area contributed by atoms with Crippen LogP contribution in [-0.4, -0.2) is 28.3 Å². The Balaban J connectivity index is 2.23. The molecule has 0 atom stereocenters. The summed E-state index contributed by atoms with van der Waals surface area (Å²) in [7, 11) is 2.14. The summed E-state index contributed by atoms with van der Waals surface area (Å²) in [6.45, 7) is 17.3. The molecule has 0 spiro atoms. The molecule has 31 heavy (non-hydrogen) atoms. The molecule has 0 saturated carbocycles. The van der Waals surface area contributed by atoms with Gasteiger partial charge in [-0.3, -0.25) is 0 Å². The second-order valence-electron chi connectivity index (χ2n) is 9.34. The number of hydrogen-bond acceptors (Lipinski definition) is 5. The first kappa shape index (κ1) is 23.3. The zero-order valence-corrected chi connectivity index (χ0v) is 21.3. The van der Waals surface area contributed by atoms with Gasteiger partial charge in [0.05, 0.1) is 0 Å². The Labute approximate surface area is 191 Å². The zero-order chi connectivity index (χ0) is 23.1. The van der Waals surface area contributed by atoms with Crippen molar-refractivity contribution in [2.24, 2.45) is 0 Å². The highest BCUT2D eigenvalue weighted by molar-refractivity contribution is 7.98. The number of aromatic nitrogens is 3. The summed E-state index contributed by atoms with van der Waals surface area (Å²) in [5, 5.41) is 0.768. The maximum Gasteiger partial charge on any atom is 0.191 e. The van der Waals surface area contributed by atoms with Crippen molar-refractivity contribution >= 4 is 23.1 Å². The first-order valence-corrected chi connectivity index (χ1v) is 11.9. The molecule has 0 radical (unpaired) electrons. The van der Waals surface area contributed by atoms with Gasteiger partial charge in [0.1, 0.15) is 5.82 Å². The molecule has 3 rings (SSSR count). The molecule has 0 aliphatic heterocycles. The van der Waals surface area contributed by atoms with Crippen LogP contribution in [0.25, 0.3) is 11.4 Å². The lowest BCUT2D eigenvalue weighted by molar-refractivity contribution is 0.532. The zero-order valence-electron chi connectivity index (χ0n) is 20.5. The van der Waals surface area contributed by atoms with Gasteiger partial charge in [-0.25, -0.2) is 15.0 Å². The fraction of sp³-hybridized carbons (Fsp3) is 0.423. The summed E-state index contributed by atoms with van der Waals surface area (Å²) in [5.74, 6) is 1.60. The largest absolute Gasteiger partial charge is 0.344 e. The van der Waals surface area contributed by atoms with Crippen molar-refractivity contribution in [2.75, 3.05) is 18.2 Å². The van der Waals surface area contributed by atoms with Gasteiger partial charge in [-0.05, 0) is 75.3 Å². The number of anilines is 2. The first-order chi connectivity index (χ1) is 14.5. The molecule has 0 amide bonds. The van der Waals surface area contributed by atoms with Crippen molar-refractivity contribution in [2.45, 2.75) is 66.0 Å². The van der Waals surface area contributed by atoms with Crippen molar-refractivity contribution in [3.63, 3.8) is 0 Å². The molecular weight excluding hydrogens is 400 g/mol. The molecule has 2 aromatic carbocycles. The van der Waals surface area contributed by atoms with Gasteiger partial charge in [0.15, 0.2) is 11.0 Å². The SMILES string of the molecule is CSc1nc(-c2c(C)c(C)c(N(C)c3ccc(C)cc3)c(C)c2C)nc(C(C)(C)C)n1. The van der Waals surface area contributed by atoms with Gasteiger partial charge in [-0.15, -0.1) is 0 Å². The lowest BCUT2D eigenvalue weighted by Crippen LogP contribution is -2.19. The maximum atomic E-state index is 4.92. The minimum Gasteiger partial charge on any atom is -0.344 e. The first-order valence-electron chi connectivity index (χ1n) is 10.7. The fourth-order valence-electron chi connectivity index (χ4n) is 3.92. The lowest BCUT2D eigenvalue weighted by atomic mass is 9.90. The van der Waals surface area contributed by atoms with Crippen molar-refractivity contribution < 1.29 is 0 Å². The molecular formula is C26H34N4S. The van der Waals surface area contributed by atoms with E-state index in [4.69, 9.17) is 9.97 Å². The molecule has 0 fully saturated rings. The van der Waals surface area contributed by atoms with Crippen molar-refractivity contribution in [3.05, 3.63) is 57.9 Å². The fourth-order valence-corrected chi connectivity index (χ4v) is 4.28. The van der Waals surface area contributed by atoms with E-state index in [2.05, 4.69) is 96.6 Å². The molecule has 3 aromatic rings. The molecule has 0 N–H and O–H groups in total. The van der Waals surface area contributed by atoms with Gasteiger partial charge >= 0.3 is 0 Å². The van der Waals surface area contributed by atoms with E-state index in [9.17, 15) is 0 Å². The third-order valence-corrected chi connectivity index (χ3v) is 6.58. The molecule has 0 aliphatic rings. The summed E-state index contributed by atoms with van der Waals surface area (Å²) in [6, 6.07) is 8.68. The van der Waals surface area contributed by atoms with E-state index in [1.807, 2.05) is 6.26 Å². The summed E-state index contributed by atoms with van der Waals surface area (Å²) in [5.41, 5.74) is 9.63. The van der Waals surface area contributed by atoms with Gasteiger partial charge < -0.3 is 4.90 Å². The standard InChI is InChI=1S/C26H34N4S/c1-15-11-13-20(14-12-15)30(9)22-18(4)16(2)21(17(3)19(22)5)23-27-24(26(6,7)8)29-25(28-23)31-10/h11-14H,1-10H3. The molecule has 1 aromatic heterocycles. The van der Waals surface area contributed by atoms with Crippen molar-refractivity contribution in [1.29, 1.82) is 0 Å². The van der Waals surface area contributed by atoms with Crippen LogP contribution in [0.3, 0.4) is 0 Å². The van der Waals surface area contributed by atoms with E-state index in [0.717, 1.165) is 22.4 Å². The Morgan fingerprint density at radius 3 is 1.81 bits per heavy atom. The van der Waals surface area contributed by atoms with Gasteiger partial charge in [-0.1, -0.05) is 50.2 Å². The van der Waals surface area contributed by atoms with E-state index in [-0.39, 0.29) is 5.41 Å². The van der Waals surface area contributed by atoms with Crippen LogP contribution in [-0.2, 0) is 5.41 Å². The van der Waals surface area contributed by atoms with E-state index in [1.54, 1.807) is 11.8 Å². The monoisotopic (exact) mass is 434 g/mol. The number of hydrogen-bond donors (Lipinski definition) is 0. The minimum atomic E-state index is -0.139. The average molecular weight is 435 g/mol.